The third-order valence-electron chi connectivity index (χ3n) is 6.36. The van der Waals surface area contributed by atoms with Gasteiger partial charge in [0.15, 0.2) is 5.71 Å². The number of aliphatic hydroxyl groups is 1. The molecule has 1 unspecified atom stereocenters. The average Bonchev–Trinajstić information content (AvgIpc) is 2.86. The normalized spacial score (nSPS) is 14.5. The summed E-state index contributed by atoms with van der Waals surface area (Å²) in [5, 5.41) is 10.1. The molecule has 0 amide bonds. The van der Waals surface area contributed by atoms with Crippen molar-refractivity contribution in [2.45, 2.75) is 43.7 Å². The fraction of sp³-hybridized carbons (Fsp3) is 0.296. The van der Waals surface area contributed by atoms with Crippen LogP contribution in [0.3, 0.4) is 0 Å². The van der Waals surface area contributed by atoms with Crippen LogP contribution in [0.25, 0.3) is 5.57 Å². The molecule has 0 spiro atoms. The first-order valence-electron chi connectivity index (χ1n) is 12.2. The molecule has 3 rings (SSSR count). The van der Waals surface area contributed by atoms with Gasteiger partial charge in [-0.2, -0.15) is 16.8 Å². The number of hydrogen-bond acceptors (Lipinski definition) is 6. The van der Waals surface area contributed by atoms with Crippen LogP contribution in [0.1, 0.15) is 38.8 Å². The minimum Gasteiger partial charge on any atom is -0.374 e. The van der Waals surface area contributed by atoms with E-state index in [4.69, 9.17) is 0 Å². The van der Waals surface area contributed by atoms with Crippen LogP contribution in [0.4, 0.5) is 5.69 Å². The van der Waals surface area contributed by atoms with Gasteiger partial charge in [0.25, 0.3) is 20.2 Å². The van der Waals surface area contributed by atoms with Crippen molar-refractivity contribution < 1.29 is 35.6 Å². The predicted octanol–water partition coefficient (Wildman–Crippen LogP) is 3.77. The van der Waals surface area contributed by atoms with Crippen molar-refractivity contribution in [3.8, 4) is 0 Å². The maximum atomic E-state index is 12.4. The number of anilines is 1. The van der Waals surface area contributed by atoms with Crippen LogP contribution in [-0.2, 0) is 20.2 Å². The van der Waals surface area contributed by atoms with E-state index in [9.17, 15) is 31.0 Å². The summed E-state index contributed by atoms with van der Waals surface area (Å²) in [5.74, 6) is 0. The molecular weight excluding hydrogens is 528 g/mol. The Balaban J connectivity index is 2.33. The largest absolute Gasteiger partial charge is 0.374 e. The van der Waals surface area contributed by atoms with Crippen LogP contribution >= 0.6 is 0 Å². The predicted molar refractivity (Wildman–Crippen MR) is 148 cm³/mol. The van der Waals surface area contributed by atoms with Gasteiger partial charge in [-0.1, -0.05) is 18.2 Å². The molecule has 0 saturated carbocycles. The summed E-state index contributed by atoms with van der Waals surface area (Å²) < 4.78 is 69.9. The smallest absolute Gasteiger partial charge is 0.295 e. The molecule has 0 bridgehead atoms. The topological polar surface area (TPSA) is 135 Å². The summed E-state index contributed by atoms with van der Waals surface area (Å²) in [6, 6.07) is 10.2. The summed E-state index contributed by atoms with van der Waals surface area (Å²) in [5.41, 5.74) is 3.43. The van der Waals surface area contributed by atoms with Gasteiger partial charge in [0.2, 0.25) is 0 Å². The van der Waals surface area contributed by atoms with Crippen molar-refractivity contribution in [1.82, 2.24) is 0 Å². The van der Waals surface area contributed by atoms with E-state index in [1.165, 1.54) is 6.07 Å². The second-order valence-corrected chi connectivity index (χ2v) is 11.5. The third kappa shape index (κ3) is 6.48. The van der Waals surface area contributed by atoms with E-state index in [2.05, 4.69) is 4.58 Å². The quantitative estimate of drug-likeness (QED) is 0.239. The lowest BCUT2D eigenvalue weighted by Gasteiger charge is -2.26. The van der Waals surface area contributed by atoms with Gasteiger partial charge in [0, 0.05) is 29.9 Å². The number of nitrogens with zero attached hydrogens (tertiary/aromatic N) is 2. The zero-order chi connectivity index (χ0) is 28.3. The summed E-state index contributed by atoms with van der Waals surface area (Å²) in [6.45, 7) is 9.80. The Kier molecular flexibility index (Phi) is 9.11. The lowest BCUT2D eigenvalue weighted by molar-refractivity contribution is -0.519. The molecule has 0 heterocycles. The van der Waals surface area contributed by atoms with Gasteiger partial charge in [-0.3, -0.25) is 9.11 Å². The fourth-order valence-electron chi connectivity index (χ4n) is 4.47. The summed E-state index contributed by atoms with van der Waals surface area (Å²) >= 11 is 0. The fourth-order valence-corrected chi connectivity index (χ4v) is 5.78. The van der Waals surface area contributed by atoms with Crippen LogP contribution in [0.2, 0.25) is 0 Å². The van der Waals surface area contributed by atoms with E-state index in [0.717, 1.165) is 36.6 Å². The minimum absolute atomic E-state index is 0.0612. The molecule has 2 aromatic rings. The van der Waals surface area contributed by atoms with Crippen molar-refractivity contribution in [1.29, 1.82) is 0 Å². The molecule has 204 valence electrons. The number of allylic oxidation sites excluding steroid dienone is 5. The number of benzene rings is 2. The van der Waals surface area contributed by atoms with Gasteiger partial charge in [-0.25, -0.2) is 4.58 Å². The molecular formula is C27H33N2O7S2+. The molecule has 38 heavy (non-hydrogen) atoms. The molecule has 1 aliphatic carbocycles. The number of hydrogen-bond donors (Lipinski definition) is 3. The SMILES string of the molecule is CCN(c1ccc(C(=C2C=CC(=[N+](CC)CC)C=C2)c2ccc(S(=O)(=O)O)cc2S(=O)(=O)O)cc1)C(C)O. The van der Waals surface area contributed by atoms with Crippen LogP contribution in [0.5, 0.6) is 0 Å². The second-order valence-electron chi connectivity index (χ2n) is 8.67. The monoisotopic (exact) mass is 561 g/mol. The third-order valence-corrected chi connectivity index (χ3v) is 8.11. The van der Waals surface area contributed by atoms with E-state index in [1.54, 1.807) is 36.1 Å². The van der Waals surface area contributed by atoms with Crippen molar-refractivity contribution in [2.75, 3.05) is 24.5 Å². The van der Waals surface area contributed by atoms with Crippen LogP contribution in [0, 0.1) is 0 Å². The number of aliphatic hydroxyl groups excluding tert-OH is 1. The molecule has 0 saturated heterocycles. The lowest BCUT2D eigenvalue weighted by atomic mass is 9.90. The zero-order valence-corrected chi connectivity index (χ0v) is 23.4. The molecule has 0 aromatic heterocycles. The highest BCUT2D eigenvalue weighted by Gasteiger charge is 2.25. The summed E-state index contributed by atoms with van der Waals surface area (Å²) in [4.78, 5) is 0.460. The highest BCUT2D eigenvalue weighted by Crippen LogP contribution is 2.35. The Bertz CT molecular complexity index is 1510. The van der Waals surface area contributed by atoms with E-state index in [0.29, 0.717) is 23.3 Å². The second kappa shape index (κ2) is 11.7. The molecule has 0 radical (unpaired) electrons. The van der Waals surface area contributed by atoms with E-state index >= 15 is 0 Å². The molecule has 11 heteroatoms. The first kappa shape index (κ1) is 29.5. The van der Waals surface area contributed by atoms with Gasteiger partial charge in [0.1, 0.15) is 24.2 Å². The molecule has 0 fully saturated rings. The standard InChI is InChI=1S/C27H32N2O7S2/c1-5-28(6-2)22-12-8-20(9-13-22)27(21-10-14-23(15-11-21)29(7-3)19(4)30)25-17-16-24(37(31,32)33)18-26(25)38(34,35)36/h8-19,30H,5-7H2,1-4H3,(H-,31,32,33,34,35,36)/p+1. The van der Waals surface area contributed by atoms with Crippen LogP contribution in [-0.4, -0.2) is 67.2 Å². The van der Waals surface area contributed by atoms with Crippen molar-refractivity contribution in [3.63, 3.8) is 0 Å². The Labute approximate surface area is 224 Å². The van der Waals surface area contributed by atoms with Crippen molar-refractivity contribution in [2.24, 2.45) is 0 Å². The Morgan fingerprint density at radius 3 is 1.89 bits per heavy atom. The first-order chi connectivity index (χ1) is 17.8. The summed E-state index contributed by atoms with van der Waals surface area (Å²) in [7, 11) is -9.61. The van der Waals surface area contributed by atoms with Gasteiger partial charge in [-0.15, -0.1) is 0 Å². The van der Waals surface area contributed by atoms with Gasteiger partial charge in [0.05, 0.1) is 4.90 Å². The van der Waals surface area contributed by atoms with E-state index < -0.39 is 36.3 Å². The van der Waals surface area contributed by atoms with Gasteiger partial charge < -0.3 is 10.0 Å². The molecule has 2 aromatic carbocycles. The highest BCUT2D eigenvalue weighted by molar-refractivity contribution is 7.86. The van der Waals surface area contributed by atoms with Crippen molar-refractivity contribution >= 4 is 37.2 Å². The molecule has 1 aliphatic rings. The lowest BCUT2D eigenvalue weighted by Crippen LogP contribution is -2.32. The van der Waals surface area contributed by atoms with E-state index in [-0.39, 0.29) is 5.56 Å². The van der Waals surface area contributed by atoms with Crippen molar-refractivity contribution in [3.05, 3.63) is 83.5 Å². The van der Waals surface area contributed by atoms with Crippen LogP contribution in [0.15, 0.2) is 82.1 Å². The molecule has 0 aliphatic heterocycles. The zero-order valence-electron chi connectivity index (χ0n) is 21.7. The molecule has 1 atom stereocenters. The van der Waals surface area contributed by atoms with Crippen LogP contribution < -0.4 is 4.90 Å². The number of rotatable bonds is 9. The maximum Gasteiger partial charge on any atom is 0.295 e. The van der Waals surface area contributed by atoms with Gasteiger partial charge >= 0.3 is 0 Å². The maximum absolute atomic E-state index is 12.4. The van der Waals surface area contributed by atoms with Gasteiger partial charge in [-0.05, 0) is 80.8 Å². The summed E-state index contributed by atoms with van der Waals surface area (Å²) in [6.07, 6.45) is 6.75. The average molecular weight is 562 g/mol. The van der Waals surface area contributed by atoms with E-state index in [1.807, 2.05) is 45.1 Å². The Morgan fingerprint density at radius 1 is 0.868 bits per heavy atom. The Hall–Kier alpha value is -3.09. The first-order valence-corrected chi connectivity index (χ1v) is 15.1. The highest BCUT2D eigenvalue weighted by atomic mass is 32.2. The minimum atomic E-state index is -4.89. The Morgan fingerprint density at radius 2 is 1.45 bits per heavy atom. The molecule has 9 nitrogen and oxygen atoms in total. The molecule has 3 N–H and O–H groups in total.